The highest BCUT2D eigenvalue weighted by molar-refractivity contribution is 9.10. The number of fused-ring (bicyclic) bond motifs is 2. The summed E-state index contributed by atoms with van der Waals surface area (Å²) in [5.74, 6) is 0.806. The Hall–Kier alpha value is -0.580. The molecule has 0 spiro atoms. The van der Waals surface area contributed by atoms with Crippen LogP contribution in [0, 0.1) is 5.92 Å². The Morgan fingerprint density at radius 2 is 1.96 bits per heavy atom. The molecule has 1 aliphatic carbocycles. The molecule has 2 N–H and O–H groups in total. The highest BCUT2D eigenvalue weighted by atomic mass is 79.9. The zero-order valence-corrected chi connectivity index (χ0v) is 15.6. The molecule has 2 heterocycles. The molecule has 2 atom stereocenters. The molecule has 126 valence electrons. The molecule has 2 saturated heterocycles. The van der Waals surface area contributed by atoms with Crippen molar-refractivity contribution in [2.75, 3.05) is 0 Å². The summed E-state index contributed by atoms with van der Waals surface area (Å²) in [6.45, 7) is 0. The number of piperidine rings is 1. The van der Waals surface area contributed by atoms with Gasteiger partial charge in [0.25, 0.3) is 0 Å². The SMILES string of the molecule is Cl.O=C(CC1CC2CCC(C1)N2)NC1(c2cccc(Br)c2)CC1. The molecule has 1 aromatic carbocycles. The second kappa shape index (κ2) is 6.73. The van der Waals surface area contributed by atoms with Crippen LogP contribution in [0.5, 0.6) is 0 Å². The normalized spacial score (nSPS) is 30.4. The van der Waals surface area contributed by atoms with Crippen LogP contribution in [0.3, 0.4) is 0 Å². The molecule has 2 unspecified atom stereocenters. The molecule has 1 saturated carbocycles. The predicted molar refractivity (Wildman–Crippen MR) is 97.7 cm³/mol. The van der Waals surface area contributed by atoms with Crippen molar-refractivity contribution in [3.05, 3.63) is 34.3 Å². The van der Waals surface area contributed by atoms with Crippen LogP contribution in [0.2, 0.25) is 0 Å². The second-order valence-corrected chi connectivity index (χ2v) is 8.24. The lowest BCUT2D eigenvalue weighted by Crippen LogP contribution is -2.41. The Labute approximate surface area is 152 Å². The molecule has 2 bridgehead atoms. The molecule has 3 aliphatic rings. The van der Waals surface area contributed by atoms with E-state index >= 15 is 0 Å². The molecule has 2 aliphatic heterocycles. The Morgan fingerprint density at radius 1 is 1.26 bits per heavy atom. The van der Waals surface area contributed by atoms with E-state index in [4.69, 9.17) is 0 Å². The largest absolute Gasteiger partial charge is 0.347 e. The van der Waals surface area contributed by atoms with Crippen molar-refractivity contribution < 1.29 is 4.79 Å². The minimum atomic E-state index is -0.0905. The van der Waals surface area contributed by atoms with Gasteiger partial charge in [-0.15, -0.1) is 12.4 Å². The van der Waals surface area contributed by atoms with Crippen molar-refractivity contribution in [1.29, 1.82) is 0 Å². The Morgan fingerprint density at radius 3 is 2.57 bits per heavy atom. The van der Waals surface area contributed by atoms with E-state index in [2.05, 4.69) is 44.8 Å². The topological polar surface area (TPSA) is 41.1 Å². The number of hydrogen-bond donors (Lipinski definition) is 2. The lowest BCUT2D eigenvalue weighted by atomic mass is 9.89. The van der Waals surface area contributed by atoms with Gasteiger partial charge in [0, 0.05) is 23.0 Å². The van der Waals surface area contributed by atoms with E-state index in [0.717, 1.165) is 17.3 Å². The molecule has 23 heavy (non-hydrogen) atoms. The van der Waals surface area contributed by atoms with Crippen LogP contribution in [0.4, 0.5) is 0 Å². The van der Waals surface area contributed by atoms with Crippen LogP contribution in [-0.4, -0.2) is 18.0 Å². The van der Waals surface area contributed by atoms with Crippen molar-refractivity contribution in [3.8, 4) is 0 Å². The van der Waals surface area contributed by atoms with Gasteiger partial charge in [0.2, 0.25) is 5.91 Å². The first kappa shape index (κ1) is 17.2. The van der Waals surface area contributed by atoms with Crippen LogP contribution >= 0.6 is 28.3 Å². The number of carbonyl (C=O) groups excluding carboxylic acids is 1. The van der Waals surface area contributed by atoms with Gasteiger partial charge >= 0.3 is 0 Å². The molecule has 5 heteroatoms. The zero-order valence-electron chi connectivity index (χ0n) is 13.2. The van der Waals surface area contributed by atoms with E-state index in [1.807, 2.05) is 6.07 Å². The highest BCUT2D eigenvalue weighted by Crippen LogP contribution is 2.46. The summed E-state index contributed by atoms with van der Waals surface area (Å²) in [7, 11) is 0. The van der Waals surface area contributed by atoms with Gasteiger partial charge in [-0.05, 0) is 62.1 Å². The summed E-state index contributed by atoms with van der Waals surface area (Å²) in [6.07, 6.45) is 7.76. The first-order chi connectivity index (χ1) is 10.6. The monoisotopic (exact) mass is 398 g/mol. The van der Waals surface area contributed by atoms with Gasteiger partial charge < -0.3 is 10.6 Å². The van der Waals surface area contributed by atoms with Crippen LogP contribution in [-0.2, 0) is 10.3 Å². The number of carbonyl (C=O) groups is 1. The number of amides is 1. The van der Waals surface area contributed by atoms with Crippen molar-refractivity contribution >= 4 is 34.2 Å². The maximum atomic E-state index is 12.5. The minimum Gasteiger partial charge on any atom is -0.347 e. The second-order valence-electron chi connectivity index (χ2n) is 7.32. The van der Waals surface area contributed by atoms with Crippen LogP contribution < -0.4 is 10.6 Å². The quantitative estimate of drug-likeness (QED) is 0.806. The number of halogens is 2. The van der Waals surface area contributed by atoms with Gasteiger partial charge in [0.1, 0.15) is 0 Å². The third-order valence-corrected chi connectivity index (χ3v) is 6.04. The van der Waals surface area contributed by atoms with Crippen LogP contribution in [0.25, 0.3) is 0 Å². The van der Waals surface area contributed by atoms with Gasteiger partial charge in [0.15, 0.2) is 0 Å². The maximum Gasteiger partial charge on any atom is 0.220 e. The predicted octanol–water partition coefficient (Wildman–Crippen LogP) is 3.90. The van der Waals surface area contributed by atoms with E-state index in [1.54, 1.807) is 0 Å². The van der Waals surface area contributed by atoms with Crippen molar-refractivity contribution in [2.45, 2.75) is 62.6 Å². The fourth-order valence-corrected chi connectivity index (χ4v) is 4.72. The number of hydrogen-bond acceptors (Lipinski definition) is 2. The van der Waals surface area contributed by atoms with Crippen LogP contribution in [0.1, 0.15) is 50.5 Å². The zero-order chi connectivity index (χ0) is 15.2. The summed E-state index contributed by atoms with van der Waals surface area (Å²) in [5, 5.41) is 6.98. The fourth-order valence-electron chi connectivity index (χ4n) is 4.32. The summed E-state index contributed by atoms with van der Waals surface area (Å²) < 4.78 is 1.08. The molecule has 3 fully saturated rings. The average molecular weight is 400 g/mol. The van der Waals surface area contributed by atoms with Gasteiger partial charge in [-0.2, -0.15) is 0 Å². The Balaban J connectivity index is 0.00000156. The third-order valence-electron chi connectivity index (χ3n) is 5.55. The molecule has 4 rings (SSSR count). The Kier molecular flexibility index (Phi) is 5.05. The maximum absolute atomic E-state index is 12.5. The third kappa shape index (κ3) is 3.75. The van der Waals surface area contributed by atoms with E-state index in [-0.39, 0.29) is 23.9 Å². The first-order valence-corrected chi connectivity index (χ1v) is 9.25. The summed E-state index contributed by atoms with van der Waals surface area (Å²) in [4.78, 5) is 12.5. The molecule has 1 aromatic rings. The van der Waals surface area contributed by atoms with Gasteiger partial charge in [-0.25, -0.2) is 0 Å². The number of rotatable bonds is 4. The Bertz CT molecular complexity index is 578. The van der Waals surface area contributed by atoms with Crippen molar-refractivity contribution in [3.63, 3.8) is 0 Å². The molecule has 0 radical (unpaired) electrons. The summed E-state index contributed by atoms with van der Waals surface area (Å²) in [6, 6.07) is 9.68. The molecule has 3 nitrogen and oxygen atoms in total. The lowest BCUT2D eigenvalue weighted by Gasteiger charge is -2.29. The van der Waals surface area contributed by atoms with Crippen LogP contribution in [0.15, 0.2) is 28.7 Å². The van der Waals surface area contributed by atoms with E-state index < -0.39 is 0 Å². The first-order valence-electron chi connectivity index (χ1n) is 8.46. The van der Waals surface area contributed by atoms with Crippen molar-refractivity contribution in [1.82, 2.24) is 10.6 Å². The minimum absolute atomic E-state index is 0. The fraction of sp³-hybridized carbons (Fsp3) is 0.611. The standard InChI is InChI=1S/C18H23BrN2O.ClH/c19-14-3-1-2-13(11-14)18(6-7-18)21-17(22)10-12-8-15-4-5-16(9-12)20-15;/h1-3,11-12,15-16,20H,4-10H2,(H,21,22);1H. The molecular weight excluding hydrogens is 376 g/mol. The lowest BCUT2D eigenvalue weighted by molar-refractivity contribution is -0.123. The van der Waals surface area contributed by atoms with Gasteiger partial charge in [-0.3, -0.25) is 4.79 Å². The molecule has 0 aromatic heterocycles. The molecular formula is C18H24BrClN2O. The van der Waals surface area contributed by atoms with Gasteiger partial charge in [0.05, 0.1) is 5.54 Å². The van der Waals surface area contributed by atoms with E-state index in [0.29, 0.717) is 24.4 Å². The van der Waals surface area contributed by atoms with Gasteiger partial charge in [-0.1, -0.05) is 28.1 Å². The van der Waals surface area contributed by atoms with E-state index in [9.17, 15) is 4.79 Å². The summed E-state index contributed by atoms with van der Waals surface area (Å²) >= 11 is 3.53. The number of nitrogens with one attached hydrogen (secondary N) is 2. The molecule has 1 amide bonds. The van der Waals surface area contributed by atoms with Crippen molar-refractivity contribution in [2.24, 2.45) is 5.92 Å². The number of benzene rings is 1. The highest BCUT2D eigenvalue weighted by Gasteiger charge is 2.46. The summed E-state index contributed by atoms with van der Waals surface area (Å²) in [5.41, 5.74) is 1.15. The van der Waals surface area contributed by atoms with E-state index in [1.165, 1.54) is 31.2 Å². The smallest absolute Gasteiger partial charge is 0.220 e. The average Bonchev–Trinajstić information content (AvgIpc) is 3.18.